The van der Waals surface area contributed by atoms with Gasteiger partial charge in [0.25, 0.3) is 0 Å². The highest BCUT2D eigenvalue weighted by Crippen LogP contribution is 2.44. The Morgan fingerprint density at radius 2 is 1.50 bits per heavy atom. The fourth-order valence-electron chi connectivity index (χ4n) is 5.71. The van der Waals surface area contributed by atoms with Crippen LogP contribution in [-0.2, 0) is 19.4 Å². The van der Waals surface area contributed by atoms with Crippen LogP contribution in [0.4, 0.5) is 0 Å². The van der Waals surface area contributed by atoms with E-state index in [1.165, 1.54) is 12.0 Å². The second-order valence-electron chi connectivity index (χ2n) is 10.7. The molecule has 2 aromatic carbocycles. The molecule has 34 heavy (non-hydrogen) atoms. The topological polar surface area (TPSA) is 35.5 Å². The summed E-state index contributed by atoms with van der Waals surface area (Å²) in [6, 6.07) is 23.6. The highest BCUT2D eigenvalue weighted by atomic mass is 28.4. The summed E-state index contributed by atoms with van der Waals surface area (Å²) in [6.07, 6.45) is 2.39. The molecular formula is C30H44O3Si. The van der Waals surface area contributed by atoms with Crippen LogP contribution < -0.4 is 0 Å². The molecule has 0 N–H and O–H groups in total. The normalized spacial score (nSPS) is 22.2. The smallest absolute Gasteiger partial charge is 0.339 e. The highest BCUT2D eigenvalue weighted by Gasteiger charge is 2.44. The van der Waals surface area contributed by atoms with E-state index in [4.69, 9.17) is 9.16 Å². The van der Waals surface area contributed by atoms with E-state index in [-0.39, 0.29) is 23.4 Å². The Morgan fingerprint density at radius 1 is 0.941 bits per heavy atom. The maximum Gasteiger partial charge on any atom is 0.339 e. The lowest BCUT2D eigenvalue weighted by Crippen LogP contribution is -2.45. The van der Waals surface area contributed by atoms with E-state index in [0.717, 1.165) is 36.5 Å². The standard InChI is InChI=1S/C30H44O3Si/c1-7-34(8-2,9-3)33-28(24-16-12-10-13-17-24)29(31)32-27-22-23(4)20-21-26(27)30(5,6)25-18-14-11-15-19-25/h10-19,23,26-28H,7-9,20-22H2,1-6H3/t23-,26-,27-,28+/m1/s1. The molecule has 1 aliphatic rings. The van der Waals surface area contributed by atoms with Crippen molar-refractivity contribution in [3.05, 3.63) is 71.8 Å². The molecule has 0 heterocycles. The van der Waals surface area contributed by atoms with E-state index in [2.05, 4.69) is 71.9 Å². The molecule has 0 aromatic heterocycles. The van der Waals surface area contributed by atoms with Crippen LogP contribution in [0.15, 0.2) is 60.7 Å². The van der Waals surface area contributed by atoms with Gasteiger partial charge in [0.1, 0.15) is 6.10 Å². The summed E-state index contributed by atoms with van der Waals surface area (Å²) in [6.45, 7) is 13.5. The van der Waals surface area contributed by atoms with Crippen molar-refractivity contribution < 1.29 is 14.0 Å². The molecule has 1 fully saturated rings. The van der Waals surface area contributed by atoms with Gasteiger partial charge in [-0.3, -0.25) is 0 Å². The molecule has 3 rings (SSSR count). The average molecular weight is 481 g/mol. The van der Waals surface area contributed by atoms with Gasteiger partial charge < -0.3 is 9.16 Å². The molecular weight excluding hydrogens is 436 g/mol. The van der Waals surface area contributed by atoms with E-state index < -0.39 is 14.4 Å². The lowest BCUT2D eigenvalue weighted by molar-refractivity contribution is -0.166. The molecule has 0 spiro atoms. The molecule has 2 aromatic rings. The molecule has 4 heteroatoms. The minimum absolute atomic E-state index is 0.0792. The Hall–Kier alpha value is -1.91. The molecule has 0 aliphatic heterocycles. The Bertz CT molecular complexity index is 884. The van der Waals surface area contributed by atoms with Crippen LogP contribution in [0.1, 0.15) is 78.0 Å². The number of ether oxygens (including phenoxy) is 1. The molecule has 3 nitrogen and oxygen atoms in total. The molecule has 4 atom stereocenters. The first-order valence-electron chi connectivity index (χ1n) is 13.2. The quantitative estimate of drug-likeness (QED) is 0.255. The van der Waals surface area contributed by atoms with Crippen LogP contribution in [0.5, 0.6) is 0 Å². The first-order chi connectivity index (χ1) is 16.3. The van der Waals surface area contributed by atoms with E-state index in [9.17, 15) is 4.79 Å². The minimum Gasteiger partial charge on any atom is -0.460 e. The Balaban J connectivity index is 1.89. The molecule has 186 valence electrons. The van der Waals surface area contributed by atoms with Crippen molar-refractivity contribution >= 4 is 14.3 Å². The predicted molar refractivity (Wildman–Crippen MR) is 143 cm³/mol. The van der Waals surface area contributed by atoms with Crippen LogP contribution in [-0.4, -0.2) is 20.4 Å². The second-order valence-corrected chi connectivity index (χ2v) is 15.5. The fraction of sp³-hybridized carbons (Fsp3) is 0.567. The van der Waals surface area contributed by atoms with Gasteiger partial charge in [0.2, 0.25) is 0 Å². The Kier molecular flexibility index (Phi) is 9.17. The zero-order valence-electron chi connectivity index (χ0n) is 22.1. The van der Waals surface area contributed by atoms with Crippen LogP contribution in [0.25, 0.3) is 0 Å². The number of hydrogen-bond donors (Lipinski definition) is 0. The van der Waals surface area contributed by atoms with Crippen molar-refractivity contribution in [1.82, 2.24) is 0 Å². The maximum atomic E-state index is 13.8. The lowest BCUT2D eigenvalue weighted by atomic mass is 9.64. The number of esters is 1. The van der Waals surface area contributed by atoms with Crippen LogP contribution >= 0.6 is 0 Å². The van der Waals surface area contributed by atoms with Crippen molar-refractivity contribution in [3.8, 4) is 0 Å². The van der Waals surface area contributed by atoms with Gasteiger partial charge in [0.15, 0.2) is 14.4 Å². The Labute approximate surface area is 208 Å². The van der Waals surface area contributed by atoms with Crippen molar-refractivity contribution in [3.63, 3.8) is 0 Å². The van der Waals surface area contributed by atoms with E-state index in [1.54, 1.807) is 0 Å². The third kappa shape index (κ3) is 6.01. The van der Waals surface area contributed by atoms with Gasteiger partial charge in [0, 0.05) is 5.92 Å². The summed E-state index contributed by atoms with van der Waals surface area (Å²) in [7, 11) is -2.01. The third-order valence-corrected chi connectivity index (χ3v) is 13.0. The summed E-state index contributed by atoms with van der Waals surface area (Å²) in [5.74, 6) is 0.607. The van der Waals surface area contributed by atoms with Crippen LogP contribution in [0.3, 0.4) is 0 Å². The molecule has 1 aliphatic carbocycles. The third-order valence-electron chi connectivity index (χ3n) is 8.38. The van der Waals surface area contributed by atoms with E-state index >= 15 is 0 Å². The minimum atomic E-state index is -2.01. The number of carbonyl (C=O) groups is 1. The molecule has 0 radical (unpaired) electrons. The van der Waals surface area contributed by atoms with Crippen LogP contribution in [0.2, 0.25) is 18.1 Å². The fourth-order valence-corrected chi connectivity index (χ4v) is 8.44. The van der Waals surface area contributed by atoms with Gasteiger partial charge >= 0.3 is 5.97 Å². The molecule has 1 saturated carbocycles. The van der Waals surface area contributed by atoms with Gasteiger partial charge in [-0.05, 0) is 53.4 Å². The van der Waals surface area contributed by atoms with Gasteiger partial charge in [-0.25, -0.2) is 4.79 Å². The molecule has 0 amide bonds. The van der Waals surface area contributed by atoms with Crippen molar-refractivity contribution in [1.29, 1.82) is 0 Å². The van der Waals surface area contributed by atoms with Gasteiger partial charge in [-0.2, -0.15) is 0 Å². The summed E-state index contributed by atoms with van der Waals surface area (Å²) < 4.78 is 13.2. The van der Waals surface area contributed by atoms with Crippen molar-refractivity contribution in [2.75, 3.05) is 0 Å². The van der Waals surface area contributed by atoms with Crippen LogP contribution in [0, 0.1) is 11.8 Å². The number of benzene rings is 2. The first kappa shape index (κ1) is 26.7. The number of hydrogen-bond acceptors (Lipinski definition) is 3. The summed E-state index contributed by atoms with van der Waals surface area (Å²) in [4.78, 5) is 13.8. The zero-order chi connectivity index (χ0) is 24.8. The predicted octanol–water partition coefficient (Wildman–Crippen LogP) is 8.08. The molecule has 0 bridgehead atoms. The van der Waals surface area contributed by atoms with Crippen molar-refractivity contribution in [2.45, 2.75) is 96.6 Å². The van der Waals surface area contributed by atoms with E-state index in [0.29, 0.717) is 5.92 Å². The lowest BCUT2D eigenvalue weighted by Gasteiger charge is -2.44. The number of carbonyl (C=O) groups excluding carboxylic acids is 1. The largest absolute Gasteiger partial charge is 0.460 e. The second kappa shape index (κ2) is 11.7. The Morgan fingerprint density at radius 3 is 2.06 bits per heavy atom. The van der Waals surface area contributed by atoms with Gasteiger partial charge in [-0.1, -0.05) is 109 Å². The maximum absolute atomic E-state index is 13.8. The molecule has 0 saturated heterocycles. The average Bonchev–Trinajstić information content (AvgIpc) is 2.86. The highest BCUT2D eigenvalue weighted by molar-refractivity contribution is 6.73. The number of rotatable bonds is 10. The van der Waals surface area contributed by atoms with E-state index in [1.807, 2.05) is 30.3 Å². The monoisotopic (exact) mass is 480 g/mol. The zero-order valence-corrected chi connectivity index (χ0v) is 23.1. The van der Waals surface area contributed by atoms with Gasteiger partial charge in [0.05, 0.1) is 0 Å². The summed E-state index contributed by atoms with van der Waals surface area (Å²) in [5, 5.41) is 0. The summed E-state index contributed by atoms with van der Waals surface area (Å²) in [5.41, 5.74) is 2.13. The van der Waals surface area contributed by atoms with Crippen molar-refractivity contribution in [2.24, 2.45) is 11.8 Å². The summed E-state index contributed by atoms with van der Waals surface area (Å²) >= 11 is 0. The first-order valence-corrected chi connectivity index (χ1v) is 15.8. The SMILES string of the molecule is CC[Si](CC)(CC)O[C@H](C(=O)O[C@@H]1C[C@H](C)CC[C@H]1C(C)(C)c1ccccc1)c1ccccc1. The molecule has 0 unspecified atom stereocenters. The van der Waals surface area contributed by atoms with Gasteiger partial charge in [-0.15, -0.1) is 0 Å².